The smallest absolute Gasteiger partial charge is 0.232 e. The van der Waals surface area contributed by atoms with Crippen LogP contribution in [-0.4, -0.2) is 32.7 Å². The molecule has 0 radical (unpaired) electrons. The van der Waals surface area contributed by atoms with Crippen LogP contribution >= 0.6 is 23.2 Å². The van der Waals surface area contributed by atoms with Gasteiger partial charge in [0.25, 0.3) is 0 Å². The molecule has 0 bridgehead atoms. The molecule has 11 heteroatoms. The first kappa shape index (κ1) is 21.9. The summed E-state index contributed by atoms with van der Waals surface area (Å²) >= 11 is 12.6. The van der Waals surface area contributed by atoms with Gasteiger partial charge in [-0.3, -0.25) is 9.71 Å². The Morgan fingerprint density at radius 2 is 1.86 bits per heavy atom. The average molecular weight is 477 g/mol. The zero-order valence-corrected chi connectivity index (χ0v) is 18.8. The van der Waals surface area contributed by atoms with Crippen LogP contribution in [0.4, 0.5) is 5.69 Å². The SMILES string of the molecule is CCS(=O)(=O)Nc1ccc(Cl)c(C2=C(O)c3ncccc3C(C)(C)S2(=O)=O)c1Cl. The van der Waals surface area contributed by atoms with Gasteiger partial charge in [-0.05, 0) is 39.0 Å². The van der Waals surface area contributed by atoms with E-state index in [4.69, 9.17) is 23.2 Å². The summed E-state index contributed by atoms with van der Waals surface area (Å²) in [7, 11) is -7.87. The Morgan fingerprint density at radius 1 is 1.21 bits per heavy atom. The second-order valence-electron chi connectivity index (χ2n) is 6.88. The van der Waals surface area contributed by atoms with Crippen molar-refractivity contribution in [1.82, 2.24) is 4.98 Å². The van der Waals surface area contributed by atoms with Gasteiger partial charge in [0.1, 0.15) is 10.6 Å². The largest absolute Gasteiger partial charge is 0.504 e. The topological polar surface area (TPSA) is 113 Å². The molecule has 156 valence electrons. The first-order chi connectivity index (χ1) is 13.3. The van der Waals surface area contributed by atoms with E-state index in [2.05, 4.69) is 9.71 Å². The molecule has 29 heavy (non-hydrogen) atoms. The molecule has 2 N–H and O–H groups in total. The maximum atomic E-state index is 13.5. The molecular formula is C18H18Cl2N2O5S2. The highest BCUT2D eigenvalue weighted by molar-refractivity contribution is 8.01. The van der Waals surface area contributed by atoms with Crippen LogP contribution < -0.4 is 4.72 Å². The lowest BCUT2D eigenvalue weighted by atomic mass is 9.98. The van der Waals surface area contributed by atoms with E-state index in [9.17, 15) is 21.9 Å². The normalized spacial score (nSPS) is 17.7. The number of nitrogens with one attached hydrogen (secondary N) is 1. The minimum absolute atomic E-state index is 0.0481. The number of benzene rings is 1. The van der Waals surface area contributed by atoms with Crippen LogP contribution in [0.5, 0.6) is 0 Å². The fourth-order valence-electron chi connectivity index (χ4n) is 3.05. The Bertz CT molecular complexity index is 1250. The van der Waals surface area contributed by atoms with Gasteiger partial charge >= 0.3 is 0 Å². The van der Waals surface area contributed by atoms with Gasteiger partial charge in [-0.15, -0.1) is 0 Å². The zero-order valence-electron chi connectivity index (χ0n) is 15.7. The molecule has 0 saturated heterocycles. The molecule has 0 saturated carbocycles. The van der Waals surface area contributed by atoms with E-state index in [0.717, 1.165) is 0 Å². The van der Waals surface area contributed by atoms with Gasteiger partial charge in [-0.1, -0.05) is 29.3 Å². The van der Waals surface area contributed by atoms with Gasteiger partial charge in [0, 0.05) is 17.3 Å². The highest BCUT2D eigenvalue weighted by Gasteiger charge is 2.48. The van der Waals surface area contributed by atoms with E-state index in [-0.39, 0.29) is 32.7 Å². The van der Waals surface area contributed by atoms with E-state index in [1.54, 1.807) is 12.1 Å². The molecule has 0 spiro atoms. The minimum Gasteiger partial charge on any atom is -0.504 e. The Morgan fingerprint density at radius 3 is 2.48 bits per heavy atom. The van der Waals surface area contributed by atoms with Crippen molar-refractivity contribution in [3.63, 3.8) is 0 Å². The van der Waals surface area contributed by atoms with Crippen LogP contribution in [0.2, 0.25) is 10.0 Å². The molecule has 7 nitrogen and oxygen atoms in total. The van der Waals surface area contributed by atoms with Crippen molar-refractivity contribution in [2.75, 3.05) is 10.5 Å². The lowest BCUT2D eigenvalue weighted by Crippen LogP contribution is -2.35. The van der Waals surface area contributed by atoms with Gasteiger partial charge in [0.05, 0.1) is 26.2 Å². The number of aliphatic hydroxyl groups excluding tert-OH is 1. The predicted molar refractivity (Wildman–Crippen MR) is 115 cm³/mol. The quantitative estimate of drug-likeness (QED) is 0.683. The van der Waals surface area contributed by atoms with Crippen LogP contribution in [-0.2, 0) is 24.6 Å². The number of hydrogen-bond donors (Lipinski definition) is 2. The summed E-state index contributed by atoms with van der Waals surface area (Å²) in [6, 6.07) is 5.79. The molecule has 3 rings (SSSR count). The molecule has 0 aliphatic carbocycles. The minimum atomic E-state index is -4.18. The highest BCUT2D eigenvalue weighted by atomic mass is 35.5. The van der Waals surface area contributed by atoms with E-state index in [1.165, 1.54) is 39.1 Å². The molecule has 1 aliphatic heterocycles. The molecule has 0 amide bonds. The van der Waals surface area contributed by atoms with Crippen LogP contribution in [0.3, 0.4) is 0 Å². The summed E-state index contributed by atoms with van der Waals surface area (Å²) in [5, 5.41) is 10.5. The third-order valence-corrected chi connectivity index (χ3v) is 9.30. The van der Waals surface area contributed by atoms with E-state index in [0.29, 0.717) is 5.56 Å². The van der Waals surface area contributed by atoms with Crippen molar-refractivity contribution in [2.45, 2.75) is 25.5 Å². The number of hydrogen-bond acceptors (Lipinski definition) is 6. The Balaban J connectivity index is 2.39. The third-order valence-electron chi connectivity index (χ3n) is 4.80. The third kappa shape index (κ3) is 3.39. The van der Waals surface area contributed by atoms with Crippen LogP contribution in [0.15, 0.2) is 30.5 Å². The maximum absolute atomic E-state index is 13.5. The fourth-order valence-corrected chi connectivity index (χ4v) is 6.27. The van der Waals surface area contributed by atoms with Crippen molar-refractivity contribution in [2.24, 2.45) is 0 Å². The van der Waals surface area contributed by atoms with E-state index >= 15 is 0 Å². The standard InChI is InChI=1S/C18H18Cl2N2O5S2/c1-4-28(24,25)22-12-8-7-11(19)13(14(12)20)17-16(23)15-10(6-5-9-21-15)18(2,3)29(17,26)27/h5-9,22-23H,4H2,1-3H3. The molecule has 1 aromatic carbocycles. The van der Waals surface area contributed by atoms with Gasteiger partial charge in [0.2, 0.25) is 10.0 Å². The highest BCUT2D eigenvalue weighted by Crippen LogP contribution is 2.51. The summed E-state index contributed by atoms with van der Waals surface area (Å²) in [5.74, 6) is -0.808. The first-order valence-corrected chi connectivity index (χ1v) is 12.4. The number of sulfone groups is 1. The number of halogens is 2. The van der Waals surface area contributed by atoms with Crippen LogP contribution in [0.25, 0.3) is 10.7 Å². The van der Waals surface area contributed by atoms with Crippen molar-refractivity contribution in [3.05, 3.63) is 57.3 Å². The summed E-state index contributed by atoms with van der Waals surface area (Å²) < 4.78 is 51.7. The molecule has 2 aromatic rings. The van der Waals surface area contributed by atoms with Gasteiger partial charge in [0.15, 0.2) is 15.6 Å². The predicted octanol–water partition coefficient (Wildman–Crippen LogP) is 4.20. The average Bonchev–Trinajstić information content (AvgIpc) is 2.65. The molecule has 1 aliphatic rings. The van der Waals surface area contributed by atoms with Gasteiger partial charge in [-0.25, -0.2) is 16.8 Å². The number of sulfonamides is 1. The van der Waals surface area contributed by atoms with Crippen molar-refractivity contribution in [1.29, 1.82) is 0 Å². The Kier molecular flexibility index (Phi) is 5.40. The summed E-state index contributed by atoms with van der Waals surface area (Å²) in [6.45, 7) is 4.42. The maximum Gasteiger partial charge on any atom is 0.232 e. The number of rotatable bonds is 4. The lowest BCUT2D eigenvalue weighted by molar-refractivity contribution is 0.501. The summed E-state index contributed by atoms with van der Waals surface area (Å²) in [5.41, 5.74) is 0.185. The van der Waals surface area contributed by atoms with Crippen molar-refractivity contribution in [3.8, 4) is 0 Å². The number of anilines is 1. The Hall–Kier alpha value is -1.81. The van der Waals surface area contributed by atoms with Gasteiger partial charge in [-0.2, -0.15) is 0 Å². The van der Waals surface area contributed by atoms with E-state index in [1.807, 2.05) is 0 Å². The summed E-state index contributed by atoms with van der Waals surface area (Å²) in [6.07, 6.45) is 1.43. The second kappa shape index (κ2) is 7.16. The zero-order chi connectivity index (χ0) is 21.8. The molecule has 0 unspecified atom stereocenters. The monoisotopic (exact) mass is 476 g/mol. The van der Waals surface area contributed by atoms with Crippen LogP contribution in [0.1, 0.15) is 37.6 Å². The summed E-state index contributed by atoms with van der Waals surface area (Å²) in [4.78, 5) is 3.62. The molecular weight excluding hydrogens is 459 g/mol. The fraction of sp³-hybridized carbons (Fsp3) is 0.278. The number of pyridine rings is 1. The van der Waals surface area contributed by atoms with Gasteiger partial charge < -0.3 is 5.11 Å². The second-order valence-corrected chi connectivity index (χ2v) is 12.1. The number of aliphatic hydroxyl groups is 1. The number of aromatic nitrogens is 1. The molecule has 2 heterocycles. The molecule has 0 fully saturated rings. The van der Waals surface area contributed by atoms with E-state index < -0.39 is 35.3 Å². The number of fused-ring (bicyclic) bond motifs is 1. The first-order valence-electron chi connectivity index (χ1n) is 8.47. The molecule has 0 atom stereocenters. The Labute approximate surface area is 179 Å². The number of nitrogens with zero attached hydrogens (tertiary/aromatic N) is 1. The van der Waals surface area contributed by atoms with Crippen molar-refractivity contribution >= 4 is 59.4 Å². The lowest BCUT2D eigenvalue weighted by Gasteiger charge is -2.33. The van der Waals surface area contributed by atoms with Crippen molar-refractivity contribution < 1.29 is 21.9 Å². The molecule has 1 aromatic heterocycles. The van der Waals surface area contributed by atoms with Crippen LogP contribution in [0, 0.1) is 0 Å².